The van der Waals surface area contributed by atoms with Gasteiger partial charge in [-0.15, -0.1) is 0 Å². The highest BCUT2D eigenvalue weighted by molar-refractivity contribution is 9.10. The van der Waals surface area contributed by atoms with Gasteiger partial charge in [0.05, 0.1) is 7.11 Å². The van der Waals surface area contributed by atoms with Crippen LogP contribution in [0.2, 0.25) is 0 Å². The van der Waals surface area contributed by atoms with E-state index in [2.05, 4.69) is 4.74 Å². The first-order valence-corrected chi connectivity index (χ1v) is 2.88. The third-order valence-corrected chi connectivity index (χ3v) is 0.988. The monoisotopic (exact) mass is 216 g/mol. The second kappa shape index (κ2) is 3.05. The minimum atomic E-state index is -3.82. The summed E-state index contributed by atoms with van der Waals surface area (Å²) in [6.45, 7) is 0. The number of halogens is 3. The van der Waals surface area contributed by atoms with Gasteiger partial charge in [0.25, 0.3) is 0 Å². The smallest absolute Gasteiger partial charge is 0.381 e. The van der Waals surface area contributed by atoms with Gasteiger partial charge in [-0.05, 0) is 15.9 Å². The maximum Gasteiger partial charge on any atom is 0.381 e. The van der Waals surface area contributed by atoms with Crippen LogP contribution >= 0.6 is 15.9 Å². The second-order valence-corrected chi connectivity index (χ2v) is 2.31. The maximum atomic E-state index is 11.8. The number of carbonyl (C=O) groups excluding carboxylic acids is 2. The van der Waals surface area contributed by atoms with Crippen LogP contribution in [-0.2, 0) is 14.3 Å². The molecule has 0 aliphatic carbocycles. The lowest BCUT2D eigenvalue weighted by Gasteiger charge is -2.02. The summed E-state index contributed by atoms with van der Waals surface area (Å²) in [4.78, 5) is 16.4. The van der Waals surface area contributed by atoms with Crippen LogP contribution in [0.25, 0.3) is 0 Å². The van der Waals surface area contributed by atoms with Gasteiger partial charge in [0, 0.05) is 0 Å². The molecule has 0 N–H and O–H groups in total. The fraction of sp³-hybridized carbons (Fsp3) is 0.500. The summed E-state index contributed by atoms with van der Waals surface area (Å²) in [5.74, 6) is -3.48. The number of ether oxygens (including phenoxy) is 1. The summed E-state index contributed by atoms with van der Waals surface area (Å²) in [7, 11) is 0.846. The molecule has 0 rings (SSSR count). The Balaban J connectivity index is 4.24. The molecule has 0 saturated heterocycles. The zero-order valence-electron chi connectivity index (χ0n) is 4.86. The van der Waals surface area contributed by atoms with Gasteiger partial charge >= 0.3 is 16.6 Å². The van der Waals surface area contributed by atoms with Crippen molar-refractivity contribution in [3.05, 3.63) is 0 Å². The predicted octanol–water partition coefficient (Wildman–Crippen LogP) is 0.716. The van der Waals surface area contributed by atoms with E-state index in [9.17, 15) is 18.4 Å². The molecule has 0 fully saturated rings. The van der Waals surface area contributed by atoms with E-state index in [1.165, 1.54) is 0 Å². The van der Waals surface area contributed by atoms with Gasteiger partial charge < -0.3 is 4.74 Å². The quantitative estimate of drug-likeness (QED) is 0.388. The fourth-order valence-electron chi connectivity index (χ4n) is 0.208. The molecular formula is C4H3BrF2O3. The zero-order chi connectivity index (χ0) is 8.36. The first-order chi connectivity index (χ1) is 4.39. The molecule has 0 saturated carbocycles. The summed E-state index contributed by atoms with van der Waals surface area (Å²) in [5.41, 5.74) is 0. The number of rotatable bonds is 2. The lowest BCUT2D eigenvalue weighted by atomic mass is 10.4. The Hall–Kier alpha value is -0.520. The van der Waals surface area contributed by atoms with Crippen molar-refractivity contribution in [1.82, 2.24) is 0 Å². The first-order valence-electron chi connectivity index (χ1n) is 2.09. The minimum absolute atomic E-state index is 0.846. The van der Waals surface area contributed by atoms with Gasteiger partial charge in [0.15, 0.2) is 0 Å². The fourth-order valence-corrected chi connectivity index (χ4v) is 0.370. The highest BCUT2D eigenvalue weighted by atomic mass is 79.9. The molecule has 0 aliphatic heterocycles. The molecule has 0 spiro atoms. The number of alkyl halides is 3. The molecule has 0 aromatic rings. The van der Waals surface area contributed by atoms with Crippen LogP contribution in [0.3, 0.4) is 0 Å². The molecule has 0 unspecified atom stereocenters. The van der Waals surface area contributed by atoms with Crippen LogP contribution in [0.15, 0.2) is 0 Å². The van der Waals surface area contributed by atoms with Crippen molar-refractivity contribution < 1.29 is 23.1 Å². The van der Waals surface area contributed by atoms with Gasteiger partial charge in [-0.25, -0.2) is 4.79 Å². The van der Waals surface area contributed by atoms with Crippen molar-refractivity contribution in [2.24, 2.45) is 0 Å². The van der Waals surface area contributed by atoms with E-state index >= 15 is 0 Å². The van der Waals surface area contributed by atoms with E-state index in [0.717, 1.165) is 7.11 Å². The number of esters is 1. The summed E-state index contributed by atoms with van der Waals surface area (Å²) in [6, 6.07) is 0. The largest absolute Gasteiger partial charge is 0.463 e. The molecule has 0 aromatic carbocycles. The molecule has 0 heterocycles. The molecule has 0 aliphatic rings. The Morgan fingerprint density at radius 2 is 1.90 bits per heavy atom. The minimum Gasteiger partial charge on any atom is -0.463 e. The van der Waals surface area contributed by atoms with E-state index in [1.54, 1.807) is 15.9 Å². The van der Waals surface area contributed by atoms with Crippen molar-refractivity contribution in [2.75, 3.05) is 7.11 Å². The highest BCUT2D eigenvalue weighted by Crippen LogP contribution is 2.22. The van der Waals surface area contributed by atoms with Gasteiger partial charge in [-0.1, -0.05) is 0 Å². The first kappa shape index (κ1) is 9.48. The van der Waals surface area contributed by atoms with Crippen LogP contribution in [0, 0.1) is 0 Å². The topological polar surface area (TPSA) is 43.4 Å². The maximum absolute atomic E-state index is 11.8. The van der Waals surface area contributed by atoms with E-state index in [-0.39, 0.29) is 0 Å². The van der Waals surface area contributed by atoms with E-state index < -0.39 is 16.6 Å². The molecular weight excluding hydrogens is 214 g/mol. The summed E-state index contributed by atoms with van der Waals surface area (Å²) in [6.07, 6.45) is 0. The van der Waals surface area contributed by atoms with Crippen molar-refractivity contribution >= 4 is 27.7 Å². The van der Waals surface area contributed by atoms with E-state index in [0.29, 0.717) is 0 Å². The van der Waals surface area contributed by atoms with Crippen LogP contribution in [-0.4, -0.2) is 23.7 Å². The lowest BCUT2D eigenvalue weighted by molar-refractivity contribution is -0.158. The summed E-state index contributed by atoms with van der Waals surface area (Å²) >= 11 is 1.70. The molecule has 0 radical (unpaired) electrons. The number of methoxy groups -OCH3 is 1. The third-order valence-electron chi connectivity index (χ3n) is 0.628. The predicted molar refractivity (Wildman–Crippen MR) is 30.9 cm³/mol. The Morgan fingerprint density at radius 3 is 2.00 bits per heavy atom. The SMILES string of the molecule is COC(=O)C(=O)C(F)(F)Br. The zero-order valence-corrected chi connectivity index (χ0v) is 6.44. The Morgan fingerprint density at radius 1 is 1.50 bits per heavy atom. The molecule has 0 bridgehead atoms. The van der Waals surface area contributed by atoms with Crippen LogP contribution in [0.4, 0.5) is 8.78 Å². The molecule has 0 atom stereocenters. The van der Waals surface area contributed by atoms with Crippen LogP contribution < -0.4 is 0 Å². The molecule has 6 heteroatoms. The summed E-state index contributed by atoms with van der Waals surface area (Å²) in [5, 5.41) is 0. The van der Waals surface area contributed by atoms with Crippen LogP contribution in [0.5, 0.6) is 0 Å². The molecule has 10 heavy (non-hydrogen) atoms. The molecule has 3 nitrogen and oxygen atoms in total. The normalized spacial score (nSPS) is 10.8. The van der Waals surface area contributed by atoms with Crippen molar-refractivity contribution in [3.63, 3.8) is 0 Å². The van der Waals surface area contributed by atoms with Crippen molar-refractivity contribution in [3.8, 4) is 0 Å². The van der Waals surface area contributed by atoms with Gasteiger partial charge in [-0.2, -0.15) is 8.78 Å². The lowest BCUT2D eigenvalue weighted by Crippen LogP contribution is -2.30. The summed E-state index contributed by atoms with van der Waals surface area (Å²) < 4.78 is 27.4. The number of ketones is 1. The average molecular weight is 217 g/mol. The van der Waals surface area contributed by atoms with E-state index in [1.807, 2.05) is 0 Å². The molecule has 0 aromatic heterocycles. The second-order valence-electron chi connectivity index (χ2n) is 1.32. The van der Waals surface area contributed by atoms with E-state index in [4.69, 9.17) is 0 Å². The number of hydrogen-bond acceptors (Lipinski definition) is 3. The Bertz CT molecular complexity index is 162. The van der Waals surface area contributed by atoms with Gasteiger partial charge in [-0.3, -0.25) is 4.79 Å². The van der Waals surface area contributed by atoms with Crippen molar-refractivity contribution in [2.45, 2.75) is 4.83 Å². The Kier molecular flexibility index (Phi) is 2.89. The van der Waals surface area contributed by atoms with Crippen molar-refractivity contribution in [1.29, 1.82) is 0 Å². The van der Waals surface area contributed by atoms with Gasteiger partial charge in [0.1, 0.15) is 0 Å². The van der Waals surface area contributed by atoms with Gasteiger partial charge in [0.2, 0.25) is 0 Å². The third kappa shape index (κ3) is 2.38. The number of carbonyl (C=O) groups is 2. The Labute approximate surface area is 63.5 Å². The number of hydrogen-bond donors (Lipinski definition) is 0. The van der Waals surface area contributed by atoms with Crippen LogP contribution in [0.1, 0.15) is 0 Å². The standard InChI is InChI=1S/C4H3BrF2O3/c1-10-3(9)2(8)4(5,6)7/h1H3. The molecule has 58 valence electrons. The number of Topliss-reactive ketones (excluding diaryl/α,β-unsaturated/α-hetero) is 1. The average Bonchev–Trinajstić information content (AvgIpc) is 1.83. The highest BCUT2D eigenvalue weighted by Gasteiger charge is 2.40. The molecule has 0 amide bonds.